The predicted molar refractivity (Wildman–Crippen MR) is 70.8 cm³/mol. The van der Waals surface area contributed by atoms with Gasteiger partial charge in [-0.2, -0.15) is 0 Å². The summed E-state index contributed by atoms with van der Waals surface area (Å²) in [4.78, 5) is 25.9. The summed E-state index contributed by atoms with van der Waals surface area (Å²) < 4.78 is 0.669. The molecule has 0 bridgehead atoms. The largest absolute Gasteiger partial charge is 0.481 e. The van der Waals surface area contributed by atoms with Gasteiger partial charge in [-0.15, -0.1) is 0 Å². The number of carboxylic acid groups (broad SMARTS) is 1. The minimum atomic E-state index is -0.833. The molecule has 0 aliphatic carbocycles. The molecule has 18 heavy (non-hydrogen) atoms. The van der Waals surface area contributed by atoms with E-state index in [1.165, 1.54) is 6.20 Å². The van der Waals surface area contributed by atoms with Gasteiger partial charge >= 0.3 is 5.97 Å². The number of halogens is 2. The summed E-state index contributed by atoms with van der Waals surface area (Å²) in [5, 5.41) is 11.3. The molecule has 0 unspecified atom stereocenters. The first-order chi connectivity index (χ1) is 8.50. The normalized spacial score (nSPS) is 10.1. The van der Waals surface area contributed by atoms with Crippen molar-refractivity contribution in [3.8, 4) is 0 Å². The second kappa shape index (κ2) is 7.33. The number of pyridine rings is 1. The Bertz CT molecular complexity index is 454. The van der Waals surface area contributed by atoms with Crippen LogP contribution in [-0.4, -0.2) is 28.5 Å². The average molecular weight is 336 g/mol. The summed E-state index contributed by atoms with van der Waals surface area (Å²) in [6, 6.07) is 1.59. The lowest BCUT2D eigenvalue weighted by atomic mass is 10.2. The van der Waals surface area contributed by atoms with E-state index in [1.54, 1.807) is 6.07 Å². The summed E-state index contributed by atoms with van der Waals surface area (Å²) in [6.07, 6.45) is 2.75. The van der Waals surface area contributed by atoms with Crippen molar-refractivity contribution in [1.29, 1.82) is 0 Å². The minimum absolute atomic E-state index is 0.106. The lowest BCUT2D eigenvalue weighted by Gasteiger charge is -2.06. The average Bonchev–Trinajstić information content (AvgIpc) is 2.31. The summed E-state index contributed by atoms with van der Waals surface area (Å²) in [5.74, 6) is -1.15. The highest BCUT2D eigenvalue weighted by Crippen LogP contribution is 2.17. The number of hydrogen-bond donors (Lipinski definition) is 2. The van der Waals surface area contributed by atoms with Gasteiger partial charge in [0.1, 0.15) is 5.15 Å². The third-order valence-corrected chi connectivity index (χ3v) is 2.89. The molecule has 1 heterocycles. The maximum Gasteiger partial charge on any atom is 0.303 e. The van der Waals surface area contributed by atoms with Gasteiger partial charge in [-0.1, -0.05) is 11.6 Å². The van der Waals surface area contributed by atoms with Gasteiger partial charge in [0.15, 0.2) is 0 Å². The molecule has 1 rings (SSSR count). The molecule has 0 radical (unpaired) electrons. The third kappa shape index (κ3) is 5.01. The van der Waals surface area contributed by atoms with Crippen molar-refractivity contribution in [2.24, 2.45) is 0 Å². The van der Waals surface area contributed by atoms with Gasteiger partial charge in [-0.05, 0) is 34.8 Å². The molecule has 0 atom stereocenters. The maximum absolute atomic E-state index is 11.7. The van der Waals surface area contributed by atoms with Crippen LogP contribution < -0.4 is 5.32 Å². The van der Waals surface area contributed by atoms with E-state index in [0.29, 0.717) is 29.4 Å². The zero-order chi connectivity index (χ0) is 13.5. The SMILES string of the molecule is O=C(O)CCCCNC(=O)c1cc(Br)cnc1Cl. The van der Waals surface area contributed by atoms with Gasteiger partial charge in [0.2, 0.25) is 0 Å². The highest BCUT2D eigenvalue weighted by atomic mass is 79.9. The van der Waals surface area contributed by atoms with Crippen LogP contribution in [0.25, 0.3) is 0 Å². The van der Waals surface area contributed by atoms with Crippen molar-refractivity contribution in [3.63, 3.8) is 0 Å². The Kier molecular flexibility index (Phi) is 6.07. The Labute approximate surface area is 118 Å². The van der Waals surface area contributed by atoms with Crippen molar-refractivity contribution in [1.82, 2.24) is 10.3 Å². The van der Waals surface area contributed by atoms with Gasteiger partial charge in [0, 0.05) is 23.6 Å². The summed E-state index contributed by atoms with van der Waals surface area (Å²) in [5.41, 5.74) is 0.296. The minimum Gasteiger partial charge on any atom is -0.481 e. The van der Waals surface area contributed by atoms with Gasteiger partial charge in [0.25, 0.3) is 5.91 Å². The van der Waals surface area contributed by atoms with Crippen LogP contribution in [-0.2, 0) is 4.79 Å². The lowest BCUT2D eigenvalue weighted by Crippen LogP contribution is -2.25. The van der Waals surface area contributed by atoms with Crippen molar-refractivity contribution < 1.29 is 14.7 Å². The smallest absolute Gasteiger partial charge is 0.303 e. The van der Waals surface area contributed by atoms with Crippen LogP contribution >= 0.6 is 27.5 Å². The molecule has 98 valence electrons. The number of carbonyl (C=O) groups is 2. The maximum atomic E-state index is 11.7. The quantitative estimate of drug-likeness (QED) is 0.618. The van der Waals surface area contributed by atoms with Gasteiger partial charge < -0.3 is 10.4 Å². The van der Waals surface area contributed by atoms with Crippen molar-refractivity contribution in [3.05, 3.63) is 27.5 Å². The van der Waals surface area contributed by atoms with Crippen molar-refractivity contribution in [2.45, 2.75) is 19.3 Å². The van der Waals surface area contributed by atoms with E-state index in [0.717, 1.165) is 0 Å². The molecule has 7 heteroatoms. The molecular formula is C11H12BrClN2O3. The number of nitrogens with one attached hydrogen (secondary N) is 1. The lowest BCUT2D eigenvalue weighted by molar-refractivity contribution is -0.137. The Hall–Kier alpha value is -1.14. The van der Waals surface area contributed by atoms with E-state index in [9.17, 15) is 9.59 Å². The molecule has 5 nitrogen and oxygen atoms in total. The molecule has 0 aliphatic rings. The molecule has 2 N–H and O–H groups in total. The molecule has 0 spiro atoms. The number of carboxylic acids is 1. The zero-order valence-corrected chi connectivity index (χ0v) is 11.8. The Balaban J connectivity index is 2.41. The Morgan fingerprint density at radius 2 is 2.17 bits per heavy atom. The standard InChI is InChI=1S/C11H12BrClN2O3/c12-7-5-8(10(13)15-6-7)11(18)14-4-2-1-3-9(16)17/h5-6H,1-4H2,(H,14,18)(H,16,17). The molecule has 1 amide bonds. The fourth-order valence-electron chi connectivity index (χ4n) is 1.28. The molecular weight excluding hydrogens is 323 g/mol. The molecule has 0 aromatic carbocycles. The van der Waals surface area contributed by atoms with Crippen molar-refractivity contribution in [2.75, 3.05) is 6.54 Å². The summed E-state index contributed by atoms with van der Waals surface area (Å²) in [6.45, 7) is 0.412. The number of aliphatic carboxylic acids is 1. The molecule has 0 saturated carbocycles. The highest BCUT2D eigenvalue weighted by Gasteiger charge is 2.11. The third-order valence-electron chi connectivity index (χ3n) is 2.15. The zero-order valence-electron chi connectivity index (χ0n) is 9.45. The van der Waals surface area contributed by atoms with E-state index < -0.39 is 5.97 Å². The van der Waals surface area contributed by atoms with Crippen molar-refractivity contribution >= 4 is 39.4 Å². The van der Waals surface area contributed by atoms with Gasteiger partial charge in [-0.25, -0.2) is 4.98 Å². The molecule has 0 fully saturated rings. The number of aromatic nitrogens is 1. The first-order valence-corrected chi connectivity index (χ1v) is 6.49. The predicted octanol–water partition coefficient (Wildman–Crippen LogP) is 2.48. The fraction of sp³-hybridized carbons (Fsp3) is 0.364. The summed E-state index contributed by atoms with van der Waals surface area (Å²) >= 11 is 9.01. The number of carbonyl (C=O) groups excluding carboxylic acids is 1. The van der Waals surface area contributed by atoms with Gasteiger partial charge in [-0.3, -0.25) is 9.59 Å². The first-order valence-electron chi connectivity index (χ1n) is 5.31. The topological polar surface area (TPSA) is 79.3 Å². The first kappa shape index (κ1) is 14.9. The summed E-state index contributed by atoms with van der Waals surface area (Å²) in [7, 11) is 0. The van der Waals surface area contributed by atoms with Crippen LogP contribution in [0.15, 0.2) is 16.7 Å². The number of amides is 1. The molecule has 1 aromatic rings. The van der Waals surface area contributed by atoms with Crippen LogP contribution in [0.3, 0.4) is 0 Å². The van der Waals surface area contributed by atoms with Crippen LogP contribution in [0, 0.1) is 0 Å². The van der Waals surface area contributed by atoms with Crippen LogP contribution in [0.4, 0.5) is 0 Å². The number of rotatable bonds is 6. The van der Waals surface area contributed by atoms with Crippen LogP contribution in [0.2, 0.25) is 5.15 Å². The highest BCUT2D eigenvalue weighted by molar-refractivity contribution is 9.10. The molecule has 0 saturated heterocycles. The second-order valence-corrected chi connectivity index (χ2v) is 4.87. The van der Waals surface area contributed by atoms with E-state index in [4.69, 9.17) is 16.7 Å². The monoisotopic (exact) mass is 334 g/mol. The number of nitrogens with zero attached hydrogens (tertiary/aromatic N) is 1. The van der Waals surface area contributed by atoms with Gasteiger partial charge in [0.05, 0.1) is 5.56 Å². The fourth-order valence-corrected chi connectivity index (χ4v) is 1.80. The van der Waals surface area contributed by atoms with Crippen LogP contribution in [0.1, 0.15) is 29.6 Å². The van der Waals surface area contributed by atoms with E-state index >= 15 is 0 Å². The molecule has 1 aromatic heterocycles. The van der Waals surface area contributed by atoms with E-state index in [2.05, 4.69) is 26.2 Å². The molecule has 0 aliphatic heterocycles. The van der Waals surface area contributed by atoms with Crippen LogP contribution in [0.5, 0.6) is 0 Å². The Morgan fingerprint density at radius 1 is 1.44 bits per heavy atom. The second-order valence-electron chi connectivity index (χ2n) is 3.60. The number of unbranched alkanes of at least 4 members (excludes halogenated alkanes) is 1. The van der Waals surface area contributed by atoms with E-state index in [1.807, 2.05) is 0 Å². The van der Waals surface area contributed by atoms with E-state index in [-0.39, 0.29) is 17.5 Å². The Morgan fingerprint density at radius 3 is 2.83 bits per heavy atom. The number of hydrogen-bond acceptors (Lipinski definition) is 3.